The van der Waals surface area contributed by atoms with Crippen LogP contribution < -0.4 is 15.4 Å². The predicted octanol–water partition coefficient (Wildman–Crippen LogP) is 0.736. The summed E-state index contributed by atoms with van der Waals surface area (Å²) in [6, 6.07) is 0.257. The molecule has 0 aromatic carbocycles. The van der Waals surface area contributed by atoms with Gasteiger partial charge >= 0.3 is 6.01 Å². The molecule has 1 saturated heterocycles. The van der Waals surface area contributed by atoms with Gasteiger partial charge in [0.15, 0.2) is 0 Å². The average Bonchev–Trinajstić information content (AvgIpc) is 3.04. The minimum atomic E-state index is 0.0648. The Morgan fingerprint density at radius 3 is 2.62 bits per heavy atom. The second kappa shape index (κ2) is 7.61. The fourth-order valence-corrected chi connectivity index (χ4v) is 2.04. The van der Waals surface area contributed by atoms with Crippen molar-refractivity contribution in [1.29, 1.82) is 0 Å². The van der Waals surface area contributed by atoms with E-state index in [2.05, 4.69) is 25.6 Å². The van der Waals surface area contributed by atoms with Gasteiger partial charge in [-0.25, -0.2) is 0 Å². The lowest BCUT2D eigenvalue weighted by molar-refractivity contribution is -0.128. The van der Waals surface area contributed by atoms with Crippen LogP contribution in [-0.4, -0.2) is 59.0 Å². The number of rotatable bonds is 7. The van der Waals surface area contributed by atoms with Gasteiger partial charge < -0.3 is 20.3 Å². The minimum Gasteiger partial charge on any atom is -0.463 e. The molecule has 1 aromatic rings. The standard InChI is InChI=1S/C13H22N6O2/c1-3-8-21-13-17-11(14-2)16-12(18-13)15-9-10(20)19-6-4-5-7-19/h3-9H2,1-2H3,(H2,14,15,16,17,18). The molecule has 1 aromatic heterocycles. The summed E-state index contributed by atoms with van der Waals surface area (Å²) in [7, 11) is 1.72. The number of nitrogens with one attached hydrogen (secondary N) is 2. The number of likely N-dealkylation sites (tertiary alicyclic amines) is 1. The van der Waals surface area contributed by atoms with Crippen molar-refractivity contribution in [2.24, 2.45) is 0 Å². The van der Waals surface area contributed by atoms with Crippen LogP contribution in [0.15, 0.2) is 0 Å². The van der Waals surface area contributed by atoms with Crippen LogP contribution >= 0.6 is 0 Å². The summed E-state index contributed by atoms with van der Waals surface area (Å²) in [5.74, 6) is 0.815. The normalized spacial score (nSPS) is 14.1. The lowest BCUT2D eigenvalue weighted by atomic mass is 10.4. The number of amides is 1. The summed E-state index contributed by atoms with van der Waals surface area (Å²) < 4.78 is 5.41. The SMILES string of the molecule is CCCOc1nc(NC)nc(NCC(=O)N2CCCC2)n1. The molecule has 0 spiro atoms. The first-order valence-electron chi connectivity index (χ1n) is 7.31. The Kier molecular flexibility index (Phi) is 5.53. The zero-order valence-electron chi connectivity index (χ0n) is 12.6. The molecule has 0 unspecified atom stereocenters. The molecule has 1 aliphatic rings. The number of hydrogen-bond acceptors (Lipinski definition) is 7. The number of ether oxygens (including phenoxy) is 1. The van der Waals surface area contributed by atoms with Gasteiger partial charge in [-0.1, -0.05) is 6.92 Å². The van der Waals surface area contributed by atoms with Crippen LogP contribution in [0, 0.1) is 0 Å². The number of carbonyl (C=O) groups is 1. The third kappa shape index (κ3) is 4.44. The molecule has 0 saturated carbocycles. The van der Waals surface area contributed by atoms with Gasteiger partial charge in [0.25, 0.3) is 0 Å². The van der Waals surface area contributed by atoms with E-state index >= 15 is 0 Å². The maximum atomic E-state index is 12.0. The monoisotopic (exact) mass is 294 g/mol. The van der Waals surface area contributed by atoms with Crippen LogP contribution in [0.5, 0.6) is 6.01 Å². The summed E-state index contributed by atoms with van der Waals surface area (Å²) >= 11 is 0. The summed E-state index contributed by atoms with van der Waals surface area (Å²) in [6.45, 7) is 4.41. The second-order valence-corrected chi connectivity index (χ2v) is 4.81. The summed E-state index contributed by atoms with van der Waals surface area (Å²) in [5.41, 5.74) is 0. The fourth-order valence-electron chi connectivity index (χ4n) is 2.04. The van der Waals surface area contributed by atoms with Gasteiger partial charge in [-0.3, -0.25) is 4.79 Å². The van der Waals surface area contributed by atoms with E-state index in [1.54, 1.807) is 7.05 Å². The Hall–Kier alpha value is -2.12. The van der Waals surface area contributed by atoms with Crippen molar-refractivity contribution >= 4 is 17.8 Å². The van der Waals surface area contributed by atoms with E-state index in [1.807, 2.05) is 11.8 Å². The van der Waals surface area contributed by atoms with E-state index in [0.29, 0.717) is 18.5 Å². The molecule has 1 aliphatic heterocycles. The van der Waals surface area contributed by atoms with E-state index in [0.717, 1.165) is 32.4 Å². The zero-order chi connectivity index (χ0) is 15.1. The summed E-state index contributed by atoms with van der Waals surface area (Å²) in [6.07, 6.45) is 3.03. The van der Waals surface area contributed by atoms with Crippen molar-refractivity contribution in [1.82, 2.24) is 19.9 Å². The molecule has 1 fully saturated rings. The molecule has 1 amide bonds. The average molecular weight is 294 g/mol. The van der Waals surface area contributed by atoms with Crippen molar-refractivity contribution in [2.75, 3.05) is 43.9 Å². The maximum Gasteiger partial charge on any atom is 0.323 e. The number of aromatic nitrogens is 3. The van der Waals surface area contributed by atoms with Gasteiger partial charge in [0.1, 0.15) is 0 Å². The Morgan fingerprint density at radius 1 is 1.24 bits per heavy atom. The Balaban J connectivity index is 1.95. The molecule has 21 heavy (non-hydrogen) atoms. The zero-order valence-corrected chi connectivity index (χ0v) is 12.6. The molecule has 8 heteroatoms. The van der Waals surface area contributed by atoms with Crippen LogP contribution in [-0.2, 0) is 4.79 Å². The van der Waals surface area contributed by atoms with Crippen molar-refractivity contribution in [3.8, 4) is 6.01 Å². The number of nitrogens with zero attached hydrogens (tertiary/aromatic N) is 4. The van der Waals surface area contributed by atoms with Crippen molar-refractivity contribution in [2.45, 2.75) is 26.2 Å². The smallest absolute Gasteiger partial charge is 0.323 e. The number of carbonyl (C=O) groups excluding carboxylic acids is 1. The van der Waals surface area contributed by atoms with E-state index in [1.165, 1.54) is 0 Å². The van der Waals surface area contributed by atoms with Gasteiger partial charge in [0.2, 0.25) is 17.8 Å². The molecule has 0 aliphatic carbocycles. The van der Waals surface area contributed by atoms with Gasteiger partial charge in [0, 0.05) is 20.1 Å². The Bertz CT molecular complexity index is 476. The summed E-state index contributed by atoms with van der Waals surface area (Å²) in [5, 5.41) is 5.79. The van der Waals surface area contributed by atoms with Crippen LogP contribution in [0.1, 0.15) is 26.2 Å². The van der Waals surface area contributed by atoms with Crippen LogP contribution in [0.2, 0.25) is 0 Å². The topological polar surface area (TPSA) is 92.3 Å². The van der Waals surface area contributed by atoms with E-state index in [9.17, 15) is 4.79 Å². The Labute approximate surface area is 124 Å². The summed E-state index contributed by atoms with van der Waals surface area (Å²) in [4.78, 5) is 26.2. The highest BCUT2D eigenvalue weighted by molar-refractivity contribution is 5.80. The molecular formula is C13H22N6O2. The van der Waals surface area contributed by atoms with Crippen LogP contribution in [0.3, 0.4) is 0 Å². The van der Waals surface area contributed by atoms with Gasteiger partial charge in [-0.15, -0.1) is 0 Å². The first-order valence-corrected chi connectivity index (χ1v) is 7.31. The van der Waals surface area contributed by atoms with Crippen molar-refractivity contribution in [3.63, 3.8) is 0 Å². The third-order valence-electron chi connectivity index (χ3n) is 3.13. The molecule has 8 nitrogen and oxygen atoms in total. The lowest BCUT2D eigenvalue weighted by Crippen LogP contribution is -2.33. The highest BCUT2D eigenvalue weighted by atomic mass is 16.5. The molecule has 116 valence electrons. The minimum absolute atomic E-state index is 0.0648. The van der Waals surface area contributed by atoms with Crippen LogP contribution in [0.25, 0.3) is 0 Å². The van der Waals surface area contributed by atoms with Crippen molar-refractivity contribution in [3.05, 3.63) is 0 Å². The Morgan fingerprint density at radius 2 is 1.95 bits per heavy atom. The number of anilines is 2. The van der Waals surface area contributed by atoms with E-state index in [4.69, 9.17) is 4.74 Å². The highest BCUT2D eigenvalue weighted by Gasteiger charge is 2.18. The molecule has 2 heterocycles. The molecule has 0 atom stereocenters. The molecule has 2 rings (SSSR count). The fraction of sp³-hybridized carbons (Fsp3) is 0.692. The maximum absolute atomic E-state index is 12.0. The molecule has 0 radical (unpaired) electrons. The van der Waals surface area contributed by atoms with Gasteiger partial charge in [-0.05, 0) is 19.3 Å². The first-order chi connectivity index (χ1) is 10.2. The molecule has 0 bridgehead atoms. The second-order valence-electron chi connectivity index (χ2n) is 4.81. The molecular weight excluding hydrogens is 272 g/mol. The predicted molar refractivity (Wildman–Crippen MR) is 79.5 cm³/mol. The lowest BCUT2D eigenvalue weighted by Gasteiger charge is -2.15. The molecule has 2 N–H and O–H groups in total. The van der Waals surface area contributed by atoms with Gasteiger partial charge in [0.05, 0.1) is 13.2 Å². The number of hydrogen-bond donors (Lipinski definition) is 2. The first kappa shape index (κ1) is 15.3. The van der Waals surface area contributed by atoms with Crippen LogP contribution in [0.4, 0.5) is 11.9 Å². The van der Waals surface area contributed by atoms with E-state index in [-0.39, 0.29) is 18.5 Å². The highest BCUT2D eigenvalue weighted by Crippen LogP contribution is 2.12. The quantitative estimate of drug-likeness (QED) is 0.766. The largest absolute Gasteiger partial charge is 0.463 e. The third-order valence-corrected chi connectivity index (χ3v) is 3.13. The van der Waals surface area contributed by atoms with Gasteiger partial charge in [-0.2, -0.15) is 15.0 Å². The van der Waals surface area contributed by atoms with Crippen molar-refractivity contribution < 1.29 is 9.53 Å². The van der Waals surface area contributed by atoms with E-state index < -0.39 is 0 Å².